The summed E-state index contributed by atoms with van der Waals surface area (Å²) >= 11 is 0. The number of benzene rings is 1. The van der Waals surface area contributed by atoms with Gasteiger partial charge in [0.05, 0.1) is 12.2 Å². The molecule has 2 heterocycles. The number of piperazine rings is 1. The van der Waals surface area contributed by atoms with Gasteiger partial charge in [0.2, 0.25) is 11.8 Å². The molecule has 0 unspecified atom stereocenters. The molecule has 148 valence electrons. The number of hydrogen-bond donors (Lipinski definition) is 1. The highest BCUT2D eigenvalue weighted by Gasteiger charge is 2.23. The summed E-state index contributed by atoms with van der Waals surface area (Å²) in [5.74, 6) is -0.414. The van der Waals surface area contributed by atoms with Gasteiger partial charge < -0.3 is 10.6 Å². The Hall–Kier alpha value is -2.77. The quantitative estimate of drug-likeness (QED) is 0.741. The molecule has 7 nitrogen and oxygen atoms in total. The Bertz CT molecular complexity index is 761. The predicted molar refractivity (Wildman–Crippen MR) is 109 cm³/mol. The molecule has 3 rings (SSSR count). The molecule has 0 bridgehead atoms. The zero-order chi connectivity index (χ0) is 19.8. The number of nitrogens with zero attached hydrogens (tertiary/aromatic N) is 4. The van der Waals surface area contributed by atoms with Crippen LogP contribution in [0.3, 0.4) is 0 Å². The van der Waals surface area contributed by atoms with Crippen molar-refractivity contribution in [2.45, 2.75) is 13.0 Å². The highest BCUT2D eigenvalue weighted by Crippen LogP contribution is 2.15. The summed E-state index contributed by atoms with van der Waals surface area (Å²) in [6, 6.07) is 15.4. The number of primary amides is 1. The van der Waals surface area contributed by atoms with Gasteiger partial charge in [-0.1, -0.05) is 24.3 Å². The van der Waals surface area contributed by atoms with Crippen LogP contribution in [-0.4, -0.2) is 65.9 Å². The first kappa shape index (κ1) is 20.0. The van der Waals surface area contributed by atoms with Gasteiger partial charge >= 0.3 is 0 Å². The monoisotopic (exact) mass is 381 g/mol. The van der Waals surface area contributed by atoms with E-state index < -0.39 is 5.91 Å². The van der Waals surface area contributed by atoms with E-state index in [9.17, 15) is 9.59 Å². The van der Waals surface area contributed by atoms with E-state index in [0.29, 0.717) is 13.1 Å². The van der Waals surface area contributed by atoms with Crippen molar-refractivity contribution >= 4 is 17.5 Å². The maximum Gasteiger partial charge on any atom is 0.241 e. The van der Waals surface area contributed by atoms with E-state index in [2.05, 4.69) is 14.8 Å². The molecule has 1 fully saturated rings. The molecule has 1 aromatic carbocycles. The number of amides is 2. The Kier molecular flexibility index (Phi) is 7.11. The zero-order valence-electron chi connectivity index (χ0n) is 16.0. The van der Waals surface area contributed by atoms with E-state index >= 15 is 0 Å². The third-order valence-corrected chi connectivity index (χ3v) is 4.89. The number of para-hydroxylation sites is 1. The molecule has 2 N–H and O–H groups in total. The van der Waals surface area contributed by atoms with Gasteiger partial charge in [0.15, 0.2) is 0 Å². The van der Waals surface area contributed by atoms with Crippen LogP contribution in [0.4, 0.5) is 5.69 Å². The van der Waals surface area contributed by atoms with Crippen LogP contribution in [0.1, 0.15) is 12.1 Å². The van der Waals surface area contributed by atoms with E-state index in [-0.39, 0.29) is 12.3 Å². The lowest BCUT2D eigenvalue weighted by Gasteiger charge is -2.35. The smallest absolute Gasteiger partial charge is 0.241 e. The van der Waals surface area contributed by atoms with E-state index in [1.807, 2.05) is 54.7 Å². The van der Waals surface area contributed by atoms with Crippen LogP contribution in [0.5, 0.6) is 0 Å². The van der Waals surface area contributed by atoms with Crippen molar-refractivity contribution in [3.63, 3.8) is 0 Å². The average molecular weight is 381 g/mol. The lowest BCUT2D eigenvalue weighted by Crippen LogP contribution is -2.50. The lowest BCUT2D eigenvalue weighted by molar-refractivity contribution is -0.120. The van der Waals surface area contributed by atoms with Crippen molar-refractivity contribution in [2.24, 2.45) is 5.73 Å². The number of aromatic nitrogens is 1. The molecule has 0 radical (unpaired) electrons. The first-order valence-corrected chi connectivity index (χ1v) is 9.60. The zero-order valence-corrected chi connectivity index (χ0v) is 16.0. The highest BCUT2D eigenvalue weighted by atomic mass is 16.2. The summed E-state index contributed by atoms with van der Waals surface area (Å²) in [7, 11) is 0. The molecule has 0 aliphatic carbocycles. The Labute approximate surface area is 165 Å². The van der Waals surface area contributed by atoms with Crippen molar-refractivity contribution in [3.8, 4) is 0 Å². The molecule has 1 aromatic heterocycles. The Morgan fingerprint density at radius 2 is 1.64 bits per heavy atom. The third kappa shape index (κ3) is 5.87. The van der Waals surface area contributed by atoms with Crippen LogP contribution in [-0.2, 0) is 16.1 Å². The van der Waals surface area contributed by atoms with Gasteiger partial charge in [-0.25, -0.2) is 0 Å². The largest absolute Gasteiger partial charge is 0.370 e. The second kappa shape index (κ2) is 9.96. The molecule has 1 saturated heterocycles. The van der Waals surface area contributed by atoms with E-state index in [1.54, 1.807) is 4.90 Å². The summed E-state index contributed by atoms with van der Waals surface area (Å²) in [5.41, 5.74) is 7.14. The van der Waals surface area contributed by atoms with Crippen LogP contribution in [0.15, 0.2) is 54.7 Å². The van der Waals surface area contributed by atoms with Crippen LogP contribution in [0.25, 0.3) is 0 Å². The molecule has 0 atom stereocenters. The van der Waals surface area contributed by atoms with Gasteiger partial charge in [-0.3, -0.25) is 24.4 Å². The fraction of sp³-hybridized carbons (Fsp3) is 0.381. The first-order valence-electron chi connectivity index (χ1n) is 9.60. The van der Waals surface area contributed by atoms with E-state index in [1.165, 1.54) is 0 Å². The molecule has 0 saturated carbocycles. The number of anilines is 1. The molecule has 7 heteroatoms. The van der Waals surface area contributed by atoms with Gasteiger partial charge in [0.25, 0.3) is 0 Å². The summed E-state index contributed by atoms with van der Waals surface area (Å²) in [6.45, 7) is 4.93. The van der Waals surface area contributed by atoms with E-state index in [0.717, 1.165) is 44.1 Å². The molecule has 1 aliphatic heterocycles. The lowest BCUT2D eigenvalue weighted by atomic mass is 10.2. The minimum atomic E-state index is -0.406. The Balaban J connectivity index is 1.53. The Morgan fingerprint density at radius 3 is 2.29 bits per heavy atom. The molecular formula is C21H27N5O2. The number of carbonyl (C=O) groups is 2. The second-order valence-corrected chi connectivity index (χ2v) is 6.97. The summed E-state index contributed by atoms with van der Waals surface area (Å²) < 4.78 is 0. The summed E-state index contributed by atoms with van der Waals surface area (Å²) in [4.78, 5) is 34.7. The SMILES string of the molecule is NC(=O)CCN(C(=O)CN1CCN(Cc2ccccn2)CC1)c1ccccc1. The fourth-order valence-electron chi connectivity index (χ4n) is 3.33. The molecule has 2 aromatic rings. The molecule has 2 amide bonds. The number of carbonyl (C=O) groups excluding carboxylic acids is 2. The minimum Gasteiger partial charge on any atom is -0.370 e. The Morgan fingerprint density at radius 1 is 0.964 bits per heavy atom. The van der Waals surface area contributed by atoms with Crippen molar-refractivity contribution in [1.29, 1.82) is 0 Å². The maximum absolute atomic E-state index is 12.9. The first-order chi connectivity index (χ1) is 13.6. The maximum atomic E-state index is 12.9. The van der Waals surface area contributed by atoms with Crippen molar-refractivity contribution in [3.05, 3.63) is 60.4 Å². The number of rotatable bonds is 8. The minimum absolute atomic E-state index is 0.00868. The third-order valence-electron chi connectivity index (χ3n) is 4.89. The second-order valence-electron chi connectivity index (χ2n) is 6.97. The molecular weight excluding hydrogens is 354 g/mol. The normalized spacial score (nSPS) is 15.3. The fourth-order valence-corrected chi connectivity index (χ4v) is 3.33. The number of hydrogen-bond acceptors (Lipinski definition) is 5. The number of pyridine rings is 1. The van der Waals surface area contributed by atoms with Crippen LogP contribution in [0.2, 0.25) is 0 Å². The summed E-state index contributed by atoms with van der Waals surface area (Å²) in [5, 5.41) is 0. The van der Waals surface area contributed by atoms with Crippen LogP contribution < -0.4 is 10.6 Å². The van der Waals surface area contributed by atoms with E-state index in [4.69, 9.17) is 5.73 Å². The van der Waals surface area contributed by atoms with Gasteiger partial charge in [-0.15, -0.1) is 0 Å². The summed E-state index contributed by atoms with van der Waals surface area (Å²) in [6.07, 6.45) is 1.97. The standard InChI is InChI=1S/C21H27N5O2/c22-20(27)9-11-26(19-7-2-1-3-8-19)21(28)17-25-14-12-24(13-15-25)16-18-6-4-5-10-23-18/h1-8,10H,9,11-17H2,(H2,22,27). The molecule has 28 heavy (non-hydrogen) atoms. The van der Waals surface area contributed by atoms with Gasteiger partial charge in [-0.2, -0.15) is 0 Å². The molecule has 0 spiro atoms. The molecule has 1 aliphatic rings. The van der Waals surface area contributed by atoms with Crippen molar-refractivity contribution in [2.75, 3.05) is 44.2 Å². The highest BCUT2D eigenvalue weighted by molar-refractivity contribution is 5.95. The van der Waals surface area contributed by atoms with Crippen LogP contribution in [0, 0.1) is 0 Å². The van der Waals surface area contributed by atoms with Crippen molar-refractivity contribution in [1.82, 2.24) is 14.8 Å². The number of nitrogens with two attached hydrogens (primary N) is 1. The predicted octanol–water partition coefficient (Wildman–Crippen LogP) is 1.11. The van der Waals surface area contributed by atoms with Gasteiger partial charge in [0.1, 0.15) is 0 Å². The van der Waals surface area contributed by atoms with Crippen molar-refractivity contribution < 1.29 is 9.59 Å². The van der Waals surface area contributed by atoms with Gasteiger partial charge in [-0.05, 0) is 24.3 Å². The average Bonchev–Trinajstić information content (AvgIpc) is 2.71. The van der Waals surface area contributed by atoms with Gasteiger partial charge in [0, 0.05) is 57.6 Å². The van der Waals surface area contributed by atoms with Crippen LogP contribution >= 0.6 is 0 Å². The topological polar surface area (TPSA) is 82.8 Å².